The Balaban J connectivity index is 1.51. The summed E-state index contributed by atoms with van der Waals surface area (Å²) in [7, 11) is 0. The second-order valence-corrected chi connectivity index (χ2v) is 7.87. The standard InChI is InChI=1S/C26H24N4/c1-19-8-12-23(13-9-19)29-18-22(17-27-29)26-16-25(21-6-4-3-5-7-21)28-30(26)24-14-10-20(2)11-15-24/h3-15,17-18,26H,16H2,1-2H3. The van der Waals surface area contributed by atoms with Crippen LogP contribution in [-0.4, -0.2) is 15.5 Å². The number of nitrogens with zero attached hydrogens (tertiary/aromatic N) is 4. The van der Waals surface area contributed by atoms with Crippen molar-refractivity contribution >= 4 is 11.4 Å². The van der Waals surface area contributed by atoms with Crippen molar-refractivity contribution in [3.05, 3.63) is 114 Å². The van der Waals surface area contributed by atoms with E-state index in [4.69, 9.17) is 5.10 Å². The van der Waals surface area contributed by atoms with Crippen LogP contribution in [0.2, 0.25) is 0 Å². The molecule has 1 unspecified atom stereocenters. The van der Waals surface area contributed by atoms with E-state index in [1.54, 1.807) is 0 Å². The normalized spacial score (nSPS) is 16.0. The van der Waals surface area contributed by atoms with Crippen molar-refractivity contribution < 1.29 is 0 Å². The van der Waals surface area contributed by atoms with E-state index in [-0.39, 0.29) is 6.04 Å². The Morgan fingerprint density at radius 2 is 1.40 bits per heavy atom. The predicted octanol–water partition coefficient (Wildman–Crippen LogP) is 5.84. The van der Waals surface area contributed by atoms with Crippen LogP contribution in [0.15, 0.2) is 96.4 Å². The van der Waals surface area contributed by atoms with Crippen molar-refractivity contribution in [2.75, 3.05) is 5.01 Å². The Morgan fingerprint density at radius 3 is 2.07 bits per heavy atom. The number of anilines is 1. The van der Waals surface area contributed by atoms with Gasteiger partial charge in [0.15, 0.2) is 0 Å². The molecule has 3 aromatic carbocycles. The lowest BCUT2D eigenvalue weighted by Gasteiger charge is -2.22. The highest BCUT2D eigenvalue weighted by molar-refractivity contribution is 6.03. The van der Waals surface area contributed by atoms with Crippen molar-refractivity contribution in [3.63, 3.8) is 0 Å². The average Bonchev–Trinajstić information content (AvgIpc) is 3.43. The maximum atomic E-state index is 5.02. The lowest BCUT2D eigenvalue weighted by atomic mass is 10.0. The van der Waals surface area contributed by atoms with Crippen LogP contribution in [0.3, 0.4) is 0 Å². The molecule has 0 spiro atoms. The van der Waals surface area contributed by atoms with Gasteiger partial charge in [-0.3, -0.25) is 5.01 Å². The summed E-state index contributed by atoms with van der Waals surface area (Å²) in [6, 6.07) is 27.5. The summed E-state index contributed by atoms with van der Waals surface area (Å²) in [6.45, 7) is 4.20. The highest BCUT2D eigenvalue weighted by Gasteiger charge is 2.31. The van der Waals surface area contributed by atoms with Gasteiger partial charge in [0.1, 0.15) is 0 Å². The predicted molar refractivity (Wildman–Crippen MR) is 122 cm³/mol. The SMILES string of the molecule is Cc1ccc(N2N=C(c3ccccc3)CC2c2cnn(-c3ccc(C)cc3)c2)cc1. The fraction of sp³-hybridized carbons (Fsp3) is 0.154. The molecular weight excluding hydrogens is 368 g/mol. The fourth-order valence-electron chi connectivity index (χ4n) is 3.86. The van der Waals surface area contributed by atoms with Crippen LogP contribution < -0.4 is 5.01 Å². The topological polar surface area (TPSA) is 33.4 Å². The molecule has 0 saturated heterocycles. The Bertz CT molecular complexity index is 1170. The molecular formula is C26H24N4. The minimum Gasteiger partial charge on any atom is -0.257 e. The summed E-state index contributed by atoms with van der Waals surface area (Å²) < 4.78 is 1.95. The van der Waals surface area contributed by atoms with Crippen LogP contribution in [0.5, 0.6) is 0 Å². The quantitative estimate of drug-likeness (QED) is 0.437. The maximum absolute atomic E-state index is 5.02. The number of hydrazone groups is 1. The van der Waals surface area contributed by atoms with Gasteiger partial charge in [0.2, 0.25) is 0 Å². The minimum absolute atomic E-state index is 0.113. The first-order valence-corrected chi connectivity index (χ1v) is 10.3. The van der Waals surface area contributed by atoms with Gasteiger partial charge in [-0.2, -0.15) is 10.2 Å². The van der Waals surface area contributed by atoms with E-state index >= 15 is 0 Å². The lowest BCUT2D eigenvalue weighted by molar-refractivity contribution is 0.708. The summed E-state index contributed by atoms with van der Waals surface area (Å²) in [5, 5.41) is 11.8. The molecule has 4 heteroatoms. The average molecular weight is 393 g/mol. The molecule has 1 aromatic heterocycles. The van der Waals surface area contributed by atoms with Crippen LogP contribution >= 0.6 is 0 Å². The summed E-state index contributed by atoms with van der Waals surface area (Å²) >= 11 is 0. The zero-order valence-corrected chi connectivity index (χ0v) is 17.2. The van der Waals surface area contributed by atoms with Crippen molar-refractivity contribution in [3.8, 4) is 5.69 Å². The van der Waals surface area contributed by atoms with Gasteiger partial charge in [-0.15, -0.1) is 0 Å². The number of hydrogen-bond acceptors (Lipinski definition) is 3. The molecule has 148 valence electrons. The van der Waals surface area contributed by atoms with E-state index in [0.29, 0.717) is 0 Å². The molecule has 1 aliphatic heterocycles. The van der Waals surface area contributed by atoms with Gasteiger partial charge < -0.3 is 0 Å². The van der Waals surface area contributed by atoms with E-state index in [9.17, 15) is 0 Å². The van der Waals surface area contributed by atoms with Gasteiger partial charge in [0, 0.05) is 18.2 Å². The number of benzene rings is 3. The number of aryl methyl sites for hydroxylation is 2. The van der Waals surface area contributed by atoms with Crippen molar-refractivity contribution in [2.24, 2.45) is 5.10 Å². The molecule has 4 nitrogen and oxygen atoms in total. The third kappa shape index (κ3) is 3.52. The molecule has 0 radical (unpaired) electrons. The Labute approximate surface area is 177 Å². The molecule has 5 rings (SSSR count). The number of rotatable bonds is 4. The molecule has 0 bridgehead atoms. The molecule has 1 aliphatic rings. The van der Waals surface area contributed by atoms with Crippen LogP contribution in [0.1, 0.15) is 34.7 Å². The number of aromatic nitrogens is 2. The van der Waals surface area contributed by atoms with Gasteiger partial charge in [-0.25, -0.2) is 4.68 Å². The second-order valence-electron chi connectivity index (χ2n) is 7.87. The lowest BCUT2D eigenvalue weighted by Crippen LogP contribution is -2.18. The van der Waals surface area contributed by atoms with Gasteiger partial charge in [-0.1, -0.05) is 65.7 Å². The highest BCUT2D eigenvalue weighted by Crippen LogP contribution is 2.36. The molecule has 30 heavy (non-hydrogen) atoms. The number of hydrogen-bond donors (Lipinski definition) is 0. The van der Waals surface area contributed by atoms with Gasteiger partial charge in [0.25, 0.3) is 0 Å². The monoisotopic (exact) mass is 392 g/mol. The van der Waals surface area contributed by atoms with E-state index in [0.717, 1.165) is 29.1 Å². The van der Waals surface area contributed by atoms with Crippen LogP contribution in [-0.2, 0) is 0 Å². The van der Waals surface area contributed by atoms with Gasteiger partial charge in [-0.05, 0) is 43.7 Å². The molecule has 0 N–H and O–H groups in total. The van der Waals surface area contributed by atoms with E-state index in [1.807, 2.05) is 16.9 Å². The fourth-order valence-corrected chi connectivity index (χ4v) is 3.86. The minimum atomic E-state index is 0.113. The highest BCUT2D eigenvalue weighted by atomic mass is 15.5. The summed E-state index contributed by atoms with van der Waals surface area (Å²) in [5.74, 6) is 0. The van der Waals surface area contributed by atoms with E-state index < -0.39 is 0 Å². The van der Waals surface area contributed by atoms with Crippen molar-refractivity contribution in [1.82, 2.24) is 9.78 Å². The summed E-state index contributed by atoms with van der Waals surface area (Å²) in [5.41, 5.74) is 8.08. The van der Waals surface area contributed by atoms with Gasteiger partial charge in [0.05, 0.1) is 29.3 Å². The first-order chi connectivity index (χ1) is 14.7. The van der Waals surface area contributed by atoms with Crippen LogP contribution in [0, 0.1) is 13.8 Å². The first kappa shape index (κ1) is 18.4. The smallest absolute Gasteiger partial charge is 0.0862 e. The van der Waals surface area contributed by atoms with Crippen molar-refractivity contribution in [2.45, 2.75) is 26.3 Å². The molecule has 1 atom stereocenters. The third-order valence-electron chi connectivity index (χ3n) is 5.60. The third-order valence-corrected chi connectivity index (χ3v) is 5.60. The molecule has 0 fully saturated rings. The largest absolute Gasteiger partial charge is 0.257 e. The first-order valence-electron chi connectivity index (χ1n) is 10.3. The second kappa shape index (κ2) is 7.64. The Morgan fingerprint density at radius 1 is 0.767 bits per heavy atom. The van der Waals surface area contributed by atoms with Crippen molar-refractivity contribution in [1.29, 1.82) is 0 Å². The zero-order chi connectivity index (χ0) is 20.5. The van der Waals surface area contributed by atoms with E-state index in [1.165, 1.54) is 16.7 Å². The molecule has 4 aromatic rings. The zero-order valence-electron chi connectivity index (χ0n) is 17.2. The summed E-state index contributed by atoms with van der Waals surface area (Å²) in [4.78, 5) is 0. The van der Waals surface area contributed by atoms with Crippen LogP contribution in [0.4, 0.5) is 5.69 Å². The maximum Gasteiger partial charge on any atom is 0.0862 e. The summed E-state index contributed by atoms with van der Waals surface area (Å²) in [6.07, 6.45) is 4.94. The molecule has 0 aliphatic carbocycles. The molecule has 0 saturated carbocycles. The Hall–Kier alpha value is -3.66. The van der Waals surface area contributed by atoms with Gasteiger partial charge >= 0.3 is 0 Å². The van der Waals surface area contributed by atoms with E-state index in [2.05, 4.69) is 103 Å². The molecule has 2 heterocycles. The molecule has 0 amide bonds. The van der Waals surface area contributed by atoms with Crippen LogP contribution in [0.25, 0.3) is 5.69 Å². The Kier molecular flexibility index (Phi) is 4.68.